The molecule has 1 N–H and O–H groups in total. The van der Waals surface area contributed by atoms with Gasteiger partial charge in [-0.15, -0.1) is 10.2 Å². The van der Waals surface area contributed by atoms with Crippen molar-refractivity contribution in [1.82, 2.24) is 25.1 Å². The number of nitrogens with one attached hydrogen (secondary N) is 1. The Morgan fingerprint density at radius 3 is 2.83 bits per heavy atom. The molecule has 1 saturated carbocycles. The number of nitrogens with zero attached hydrogens (tertiary/aromatic N) is 4. The Morgan fingerprint density at radius 1 is 1.28 bits per heavy atom. The molecule has 0 aromatic carbocycles. The summed E-state index contributed by atoms with van der Waals surface area (Å²) >= 11 is 1.69. The third-order valence-corrected chi connectivity index (χ3v) is 5.28. The summed E-state index contributed by atoms with van der Waals surface area (Å²) in [5.41, 5.74) is 0. The van der Waals surface area contributed by atoms with E-state index in [9.17, 15) is 0 Å². The van der Waals surface area contributed by atoms with Crippen LogP contribution in [0.15, 0.2) is 0 Å². The average molecular weight is 263 g/mol. The predicted octanol–water partition coefficient (Wildman–Crippen LogP) is 2.12. The Kier molecular flexibility index (Phi) is 2.41. The number of hydrogen-bond acceptors (Lipinski definition) is 5. The lowest BCUT2D eigenvalue weighted by atomic mass is 9.85. The van der Waals surface area contributed by atoms with Crippen molar-refractivity contribution in [2.24, 2.45) is 5.92 Å². The van der Waals surface area contributed by atoms with E-state index in [1.54, 1.807) is 11.3 Å². The van der Waals surface area contributed by atoms with Crippen LogP contribution in [-0.4, -0.2) is 26.4 Å². The minimum absolute atomic E-state index is 0.408. The zero-order valence-corrected chi connectivity index (χ0v) is 11.3. The predicted molar refractivity (Wildman–Crippen MR) is 69.8 cm³/mol. The maximum absolute atomic E-state index is 4.76. The highest BCUT2D eigenvalue weighted by molar-refractivity contribution is 7.16. The van der Waals surface area contributed by atoms with Gasteiger partial charge in [0.25, 0.3) is 0 Å². The fourth-order valence-corrected chi connectivity index (χ4v) is 3.91. The monoisotopic (exact) mass is 263 g/mol. The highest BCUT2D eigenvalue weighted by atomic mass is 32.1. The molecule has 5 nitrogen and oxygen atoms in total. The van der Waals surface area contributed by atoms with Gasteiger partial charge in [0.2, 0.25) is 4.96 Å². The molecule has 2 aromatic rings. The van der Waals surface area contributed by atoms with Crippen molar-refractivity contribution >= 4 is 16.3 Å². The zero-order valence-electron chi connectivity index (χ0n) is 10.5. The second kappa shape index (κ2) is 3.99. The number of hydrogen-bond donors (Lipinski definition) is 1. The lowest BCUT2D eigenvalue weighted by molar-refractivity contribution is 0.394. The molecule has 3 heterocycles. The lowest BCUT2D eigenvalue weighted by Gasteiger charge is -2.22. The van der Waals surface area contributed by atoms with Crippen LogP contribution in [0.1, 0.15) is 55.4 Å². The smallest absolute Gasteiger partial charge is 0.234 e. The molecule has 2 aliphatic rings. The molecule has 0 spiro atoms. The van der Waals surface area contributed by atoms with E-state index in [1.807, 2.05) is 4.52 Å². The van der Waals surface area contributed by atoms with Crippen molar-refractivity contribution in [3.8, 4) is 0 Å². The summed E-state index contributed by atoms with van der Waals surface area (Å²) in [6, 6.07) is 0.408. The molecule has 6 heteroatoms. The fourth-order valence-electron chi connectivity index (χ4n) is 2.86. The highest BCUT2D eigenvalue weighted by Crippen LogP contribution is 2.37. The van der Waals surface area contributed by atoms with Crippen LogP contribution < -0.4 is 5.32 Å². The van der Waals surface area contributed by atoms with Crippen molar-refractivity contribution in [2.75, 3.05) is 6.54 Å². The molecule has 96 valence electrons. The molecular formula is C12H17N5S. The van der Waals surface area contributed by atoms with Gasteiger partial charge < -0.3 is 5.32 Å². The van der Waals surface area contributed by atoms with Gasteiger partial charge in [-0.1, -0.05) is 24.7 Å². The summed E-state index contributed by atoms with van der Waals surface area (Å²) in [5, 5.41) is 18.0. The SMILES string of the molecule is CC1CCNC1c1nn2c(C3CCC3)nnc2s1. The Morgan fingerprint density at radius 2 is 2.17 bits per heavy atom. The molecule has 2 unspecified atom stereocenters. The third-order valence-electron chi connectivity index (χ3n) is 4.30. The van der Waals surface area contributed by atoms with Gasteiger partial charge in [0.05, 0.1) is 6.04 Å². The number of rotatable bonds is 2. The molecular weight excluding hydrogens is 246 g/mol. The van der Waals surface area contributed by atoms with E-state index in [2.05, 4.69) is 22.4 Å². The number of fused-ring (bicyclic) bond motifs is 1. The Balaban J connectivity index is 1.72. The summed E-state index contributed by atoms with van der Waals surface area (Å²) < 4.78 is 1.98. The molecule has 0 radical (unpaired) electrons. The van der Waals surface area contributed by atoms with Crippen molar-refractivity contribution in [3.05, 3.63) is 10.8 Å². The summed E-state index contributed by atoms with van der Waals surface area (Å²) in [4.78, 5) is 0.952. The van der Waals surface area contributed by atoms with Gasteiger partial charge in [-0.25, -0.2) is 0 Å². The van der Waals surface area contributed by atoms with Gasteiger partial charge in [-0.05, 0) is 31.7 Å². The summed E-state index contributed by atoms with van der Waals surface area (Å²) in [6.45, 7) is 3.39. The van der Waals surface area contributed by atoms with Gasteiger partial charge in [-0.2, -0.15) is 9.61 Å². The largest absolute Gasteiger partial charge is 0.308 e. The van der Waals surface area contributed by atoms with Gasteiger partial charge in [-0.3, -0.25) is 0 Å². The minimum atomic E-state index is 0.408. The van der Waals surface area contributed by atoms with Gasteiger partial charge in [0.15, 0.2) is 5.82 Å². The minimum Gasteiger partial charge on any atom is -0.308 e. The van der Waals surface area contributed by atoms with E-state index >= 15 is 0 Å². The zero-order chi connectivity index (χ0) is 12.1. The molecule has 1 aliphatic carbocycles. The standard InChI is InChI=1S/C12H17N5S/c1-7-5-6-13-9(7)11-16-17-10(8-3-2-4-8)14-15-12(17)18-11/h7-9,13H,2-6H2,1H3. The van der Waals surface area contributed by atoms with Gasteiger partial charge in [0, 0.05) is 5.92 Å². The molecule has 1 saturated heterocycles. The second-order valence-electron chi connectivity index (χ2n) is 5.52. The van der Waals surface area contributed by atoms with Crippen LogP contribution in [-0.2, 0) is 0 Å². The molecule has 18 heavy (non-hydrogen) atoms. The van der Waals surface area contributed by atoms with E-state index < -0.39 is 0 Å². The molecule has 1 aliphatic heterocycles. The molecule has 0 bridgehead atoms. The molecule has 2 fully saturated rings. The topological polar surface area (TPSA) is 55.1 Å². The summed E-state index contributed by atoms with van der Waals surface area (Å²) in [6.07, 6.45) is 5.04. The van der Waals surface area contributed by atoms with Crippen LogP contribution >= 0.6 is 11.3 Å². The first-order valence-electron chi connectivity index (χ1n) is 6.78. The van der Waals surface area contributed by atoms with E-state index in [4.69, 9.17) is 5.10 Å². The molecule has 0 amide bonds. The van der Waals surface area contributed by atoms with Gasteiger partial charge >= 0.3 is 0 Å². The molecule has 4 rings (SSSR count). The van der Waals surface area contributed by atoms with Crippen LogP contribution in [0.2, 0.25) is 0 Å². The van der Waals surface area contributed by atoms with E-state index in [0.717, 1.165) is 17.3 Å². The first-order chi connectivity index (χ1) is 8.83. The summed E-state index contributed by atoms with van der Waals surface area (Å²) in [5.74, 6) is 2.33. The number of aromatic nitrogens is 4. The van der Waals surface area contributed by atoms with Gasteiger partial charge in [0.1, 0.15) is 5.01 Å². The normalized spacial score (nSPS) is 28.9. The Labute approximate surface area is 110 Å². The van der Waals surface area contributed by atoms with Crippen molar-refractivity contribution < 1.29 is 0 Å². The van der Waals surface area contributed by atoms with E-state index in [1.165, 1.54) is 30.7 Å². The first kappa shape index (κ1) is 10.9. The Hall–Kier alpha value is -1.01. The van der Waals surface area contributed by atoms with Crippen LogP contribution in [0.25, 0.3) is 4.96 Å². The maximum Gasteiger partial charge on any atom is 0.234 e. The lowest BCUT2D eigenvalue weighted by Crippen LogP contribution is -2.17. The van der Waals surface area contributed by atoms with Crippen molar-refractivity contribution in [2.45, 2.75) is 44.6 Å². The van der Waals surface area contributed by atoms with Crippen LogP contribution in [0.5, 0.6) is 0 Å². The van der Waals surface area contributed by atoms with Crippen molar-refractivity contribution in [3.63, 3.8) is 0 Å². The van der Waals surface area contributed by atoms with Crippen LogP contribution in [0.4, 0.5) is 0 Å². The quantitative estimate of drug-likeness (QED) is 0.901. The average Bonchev–Trinajstić information content (AvgIpc) is 2.92. The fraction of sp³-hybridized carbons (Fsp3) is 0.750. The Bertz CT molecular complexity index is 570. The van der Waals surface area contributed by atoms with Crippen molar-refractivity contribution in [1.29, 1.82) is 0 Å². The third kappa shape index (κ3) is 1.52. The second-order valence-corrected chi connectivity index (χ2v) is 6.51. The van der Waals surface area contributed by atoms with Crippen LogP contribution in [0, 0.1) is 5.92 Å². The first-order valence-corrected chi connectivity index (χ1v) is 7.60. The van der Waals surface area contributed by atoms with Crippen LogP contribution in [0.3, 0.4) is 0 Å². The summed E-state index contributed by atoms with van der Waals surface area (Å²) in [7, 11) is 0. The highest BCUT2D eigenvalue weighted by Gasteiger charge is 2.30. The van der Waals surface area contributed by atoms with E-state index in [-0.39, 0.29) is 0 Å². The molecule has 2 aromatic heterocycles. The molecule has 2 atom stereocenters. The van der Waals surface area contributed by atoms with E-state index in [0.29, 0.717) is 17.9 Å². The maximum atomic E-state index is 4.76.